The molecule has 2 heterocycles. The molecule has 2 aromatic heterocycles. The molecule has 8 nitrogen and oxygen atoms in total. The smallest absolute Gasteiger partial charge is 0.311 e. The van der Waals surface area contributed by atoms with E-state index in [0.29, 0.717) is 5.82 Å². The van der Waals surface area contributed by atoms with Gasteiger partial charge in [-0.05, 0) is 36.4 Å². The highest BCUT2D eigenvalue weighted by molar-refractivity contribution is 7.21. The highest BCUT2D eigenvalue weighted by Gasteiger charge is 2.18. The molecule has 29 heavy (non-hydrogen) atoms. The molecule has 1 N–H and O–H groups in total. The number of amides is 1. The Labute approximate surface area is 169 Å². The van der Waals surface area contributed by atoms with E-state index >= 15 is 0 Å². The molecule has 0 aliphatic rings. The van der Waals surface area contributed by atoms with Crippen LogP contribution in [0.1, 0.15) is 10.4 Å². The Hall–Kier alpha value is -3.85. The largest absolute Gasteiger partial charge is 0.490 e. The van der Waals surface area contributed by atoms with Gasteiger partial charge < -0.3 is 10.1 Å². The van der Waals surface area contributed by atoms with Crippen LogP contribution in [-0.2, 0) is 0 Å². The number of hydrogen-bond acceptors (Lipinski definition) is 7. The zero-order chi connectivity index (χ0) is 20.4. The summed E-state index contributed by atoms with van der Waals surface area (Å²) in [6, 6.07) is 15.3. The van der Waals surface area contributed by atoms with Gasteiger partial charge in [0.25, 0.3) is 5.91 Å². The van der Waals surface area contributed by atoms with Crippen LogP contribution in [-0.4, -0.2) is 27.9 Å². The second-order valence-electron chi connectivity index (χ2n) is 6.02. The first kappa shape index (κ1) is 18.5. The first-order valence-electron chi connectivity index (χ1n) is 8.51. The predicted octanol–water partition coefficient (Wildman–Crippen LogP) is 4.53. The summed E-state index contributed by atoms with van der Waals surface area (Å²) in [5.41, 5.74) is 1.61. The molecule has 0 spiro atoms. The van der Waals surface area contributed by atoms with Gasteiger partial charge >= 0.3 is 5.69 Å². The summed E-state index contributed by atoms with van der Waals surface area (Å²) in [7, 11) is 1.33. The summed E-state index contributed by atoms with van der Waals surface area (Å²) in [5, 5.41) is 14.6. The van der Waals surface area contributed by atoms with Crippen LogP contribution in [0.2, 0.25) is 0 Å². The van der Waals surface area contributed by atoms with Crippen molar-refractivity contribution < 1.29 is 14.5 Å². The van der Waals surface area contributed by atoms with E-state index in [1.165, 1.54) is 25.3 Å². The second kappa shape index (κ2) is 7.64. The monoisotopic (exact) mass is 406 g/mol. The number of fused-ring (bicyclic) bond motifs is 1. The number of pyridine rings is 1. The molecule has 0 saturated heterocycles. The van der Waals surface area contributed by atoms with Gasteiger partial charge in [0.1, 0.15) is 10.8 Å². The van der Waals surface area contributed by atoms with Gasteiger partial charge in [-0.3, -0.25) is 14.9 Å². The Balaban J connectivity index is 1.53. The van der Waals surface area contributed by atoms with Crippen LogP contribution >= 0.6 is 11.3 Å². The van der Waals surface area contributed by atoms with E-state index in [4.69, 9.17) is 4.74 Å². The molecule has 4 aromatic rings. The molecule has 0 aliphatic carbocycles. The molecule has 0 bridgehead atoms. The number of carbonyl (C=O) groups is 1. The Morgan fingerprint density at radius 3 is 2.69 bits per heavy atom. The van der Waals surface area contributed by atoms with Crippen LogP contribution in [0, 0.1) is 10.1 Å². The van der Waals surface area contributed by atoms with Crippen LogP contribution in [0.15, 0.2) is 60.8 Å². The summed E-state index contributed by atoms with van der Waals surface area (Å²) in [6.07, 6.45) is 1.63. The summed E-state index contributed by atoms with van der Waals surface area (Å²) < 4.78 is 6.03. The quantitative estimate of drug-likeness (QED) is 0.385. The van der Waals surface area contributed by atoms with Crippen molar-refractivity contribution in [2.75, 3.05) is 12.4 Å². The highest BCUT2D eigenvalue weighted by Crippen LogP contribution is 2.30. The minimum Gasteiger partial charge on any atom is -0.490 e. The van der Waals surface area contributed by atoms with Gasteiger partial charge in [-0.1, -0.05) is 12.1 Å². The molecule has 2 aromatic carbocycles. The lowest BCUT2D eigenvalue weighted by Crippen LogP contribution is -2.13. The number of anilines is 1. The minimum atomic E-state index is -0.597. The van der Waals surface area contributed by atoms with Crippen LogP contribution in [0.25, 0.3) is 20.8 Å². The Morgan fingerprint density at radius 1 is 1.17 bits per heavy atom. The molecule has 0 saturated carbocycles. The van der Waals surface area contributed by atoms with Gasteiger partial charge in [-0.15, -0.1) is 11.3 Å². The first-order chi connectivity index (χ1) is 14.0. The fraction of sp³-hybridized carbons (Fsp3) is 0.0500. The maximum Gasteiger partial charge on any atom is 0.311 e. The third-order valence-corrected chi connectivity index (χ3v) is 5.27. The van der Waals surface area contributed by atoms with Crippen LogP contribution in [0.5, 0.6) is 5.75 Å². The highest BCUT2D eigenvalue weighted by atomic mass is 32.1. The zero-order valence-electron chi connectivity index (χ0n) is 15.2. The number of carbonyl (C=O) groups excluding carboxylic acids is 1. The topological polar surface area (TPSA) is 107 Å². The second-order valence-corrected chi connectivity index (χ2v) is 7.05. The van der Waals surface area contributed by atoms with E-state index in [-0.39, 0.29) is 17.0 Å². The predicted molar refractivity (Wildman–Crippen MR) is 110 cm³/mol. The molecule has 9 heteroatoms. The number of aromatic nitrogens is 2. The van der Waals surface area contributed by atoms with E-state index in [0.717, 1.165) is 20.8 Å². The summed E-state index contributed by atoms with van der Waals surface area (Å²) in [4.78, 5) is 31.8. The number of ether oxygens (including phenoxy) is 1. The molecular formula is C20H14N4O4S. The van der Waals surface area contributed by atoms with E-state index in [1.54, 1.807) is 23.6 Å². The summed E-state index contributed by atoms with van der Waals surface area (Å²) in [5.74, 6) is -0.0841. The van der Waals surface area contributed by atoms with Gasteiger partial charge in [0.05, 0.1) is 22.2 Å². The first-order valence-corrected chi connectivity index (χ1v) is 9.32. The van der Waals surface area contributed by atoms with Gasteiger partial charge in [-0.2, -0.15) is 0 Å². The Bertz CT molecular complexity index is 1190. The molecule has 0 radical (unpaired) electrons. The summed E-state index contributed by atoms with van der Waals surface area (Å²) in [6.45, 7) is 0. The number of hydrogen-bond donors (Lipinski definition) is 1. The van der Waals surface area contributed by atoms with Crippen molar-refractivity contribution in [2.45, 2.75) is 0 Å². The molecule has 0 fully saturated rings. The maximum atomic E-state index is 12.4. The summed E-state index contributed by atoms with van der Waals surface area (Å²) >= 11 is 1.56. The molecule has 4 rings (SSSR count). The van der Waals surface area contributed by atoms with Crippen molar-refractivity contribution in [2.24, 2.45) is 0 Å². The number of benzene rings is 2. The molecule has 0 atom stereocenters. The normalized spacial score (nSPS) is 10.7. The van der Waals surface area contributed by atoms with Crippen molar-refractivity contribution in [3.8, 4) is 16.3 Å². The molecule has 144 valence electrons. The van der Waals surface area contributed by atoms with Gasteiger partial charge in [-0.25, -0.2) is 9.97 Å². The third kappa shape index (κ3) is 3.76. The van der Waals surface area contributed by atoms with Crippen LogP contribution in [0.4, 0.5) is 11.5 Å². The van der Waals surface area contributed by atoms with E-state index in [9.17, 15) is 14.9 Å². The lowest BCUT2D eigenvalue weighted by atomic mass is 10.1. The SMILES string of the molecule is COc1ccc(C(=O)Nc2ccc(-c3nc4ccccc4s3)cn2)cc1[N+](=O)[O-]. The lowest BCUT2D eigenvalue weighted by Gasteiger charge is -2.06. The number of nitro benzene ring substituents is 1. The van der Waals surface area contributed by atoms with Crippen molar-refractivity contribution in [1.82, 2.24) is 9.97 Å². The van der Waals surface area contributed by atoms with E-state index in [1.807, 2.05) is 30.3 Å². The minimum absolute atomic E-state index is 0.0878. The van der Waals surface area contributed by atoms with Crippen molar-refractivity contribution in [1.29, 1.82) is 0 Å². The molecule has 0 unspecified atom stereocenters. The van der Waals surface area contributed by atoms with Crippen molar-refractivity contribution >= 4 is 39.0 Å². The number of para-hydroxylation sites is 1. The zero-order valence-corrected chi connectivity index (χ0v) is 16.0. The molecular weight excluding hydrogens is 392 g/mol. The fourth-order valence-corrected chi connectivity index (χ4v) is 3.71. The van der Waals surface area contributed by atoms with Crippen molar-refractivity contribution in [3.63, 3.8) is 0 Å². The molecule has 0 aliphatic heterocycles. The van der Waals surface area contributed by atoms with Gasteiger partial charge in [0.15, 0.2) is 5.75 Å². The standard InChI is InChI=1S/C20H14N4O4S/c1-28-16-8-6-12(10-15(16)24(26)27)19(25)23-18-9-7-13(11-21-18)20-22-14-4-2-3-5-17(14)29-20/h2-11H,1H3,(H,21,23,25). The number of methoxy groups -OCH3 is 1. The number of nitrogens with one attached hydrogen (secondary N) is 1. The van der Waals surface area contributed by atoms with E-state index < -0.39 is 10.8 Å². The number of nitrogens with zero attached hydrogens (tertiary/aromatic N) is 3. The van der Waals surface area contributed by atoms with Crippen LogP contribution in [0.3, 0.4) is 0 Å². The van der Waals surface area contributed by atoms with Gasteiger partial charge in [0, 0.05) is 23.4 Å². The average Bonchev–Trinajstić information content (AvgIpc) is 3.18. The fourth-order valence-electron chi connectivity index (χ4n) is 2.75. The Kier molecular flexibility index (Phi) is 4.88. The Morgan fingerprint density at radius 2 is 2.00 bits per heavy atom. The average molecular weight is 406 g/mol. The third-order valence-electron chi connectivity index (χ3n) is 4.18. The van der Waals surface area contributed by atoms with Gasteiger partial charge in [0.2, 0.25) is 0 Å². The molecule has 1 amide bonds. The van der Waals surface area contributed by atoms with Crippen molar-refractivity contribution in [3.05, 3.63) is 76.5 Å². The maximum absolute atomic E-state index is 12.4. The number of thiazole rings is 1. The number of rotatable bonds is 5. The van der Waals surface area contributed by atoms with E-state index in [2.05, 4.69) is 15.3 Å². The lowest BCUT2D eigenvalue weighted by molar-refractivity contribution is -0.385. The van der Waals surface area contributed by atoms with Crippen LogP contribution < -0.4 is 10.1 Å². The number of nitro groups is 1.